The number of carboxylic acids is 1. The average molecular weight is 283 g/mol. The number of hydrogen-bond acceptors (Lipinski definition) is 3. The van der Waals surface area contributed by atoms with E-state index in [2.05, 4.69) is 4.72 Å². The topological polar surface area (TPSA) is 83.5 Å². The Bertz CT molecular complexity index is 571. The molecular weight excluding hydrogens is 266 g/mol. The van der Waals surface area contributed by atoms with E-state index in [1.165, 1.54) is 0 Å². The molecule has 0 aromatic heterocycles. The van der Waals surface area contributed by atoms with Gasteiger partial charge in [0.2, 0.25) is 10.0 Å². The molecule has 6 heteroatoms. The smallest absolute Gasteiger partial charge is 0.314 e. The van der Waals surface area contributed by atoms with Gasteiger partial charge in [-0.25, -0.2) is 8.42 Å². The second kappa shape index (κ2) is 4.85. The lowest BCUT2D eigenvalue weighted by Crippen LogP contribution is -2.32. The largest absolute Gasteiger partial charge is 0.481 e. The summed E-state index contributed by atoms with van der Waals surface area (Å²) >= 11 is 0. The molecule has 1 saturated carbocycles. The van der Waals surface area contributed by atoms with Gasteiger partial charge in [-0.05, 0) is 30.5 Å². The minimum absolute atomic E-state index is 0.449. The maximum absolute atomic E-state index is 11.5. The van der Waals surface area contributed by atoms with Crippen LogP contribution in [0.3, 0.4) is 0 Å². The van der Waals surface area contributed by atoms with Crippen molar-refractivity contribution in [3.8, 4) is 0 Å². The minimum Gasteiger partial charge on any atom is -0.481 e. The SMILES string of the molecule is CS(=O)(=O)Nc1ccc(C2(C(=O)O)CCCC2)cc1. The maximum Gasteiger partial charge on any atom is 0.314 e. The van der Waals surface area contributed by atoms with Gasteiger partial charge in [-0.2, -0.15) is 0 Å². The Labute approximate surface area is 112 Å². The molecule has 0 saturated heterocycles. The molecular formula is C13H17NO4S. The monoisotopic (exact) mass is 283 g/mol. The number of benzene rings is 1. The first-order valence-corrected chi connectivity index (χ1v) is 8.04. The van der Waals surface area contributed by atoms with Crippen molar-refractivity contribution in [3.63, 3.8) is 0 Å². The average Bonchev–Trinajstić information content (AvgIpc) is 2.78. The Morgan fingerprint density at radius 3 is 2.16 bits per heavy atom. The van der Waals surface area contributed by atoms with E-state index >= 15 is 0 Å². The predicted molar refractivity (Wildman–Crippen MR) is 72.7 cm³/mol. The van der Waals surface area contributed by atoms with Gasteiger partial charge in [-0.3, -0.25) is 9.52 Å². The van der Waals surface area contributed by atoms with Crippen LogP contribution >= 0.6 is 0 Å². The fraction of sp³-hybridized carbons (Fsp3) is 0.462. The van der Waals surface area contributed by atoms with Gasteiger partial charge in [0.1, 0.15) is 0 Å². The summed E-state index contributed by atoms with van der Waals surface area (Å²) < 4.78 is 24.6. The van der Waals surface area contributed by atoms with Gasteiger partial charge in [-0.1, -0.05) is 25.0 Å². The lowest BCUT2D eigenvalue weighted by atomic mass is 9.79. The quantitative estimate of drug-likeness (QED) is 0.884. The van der Waals surface area contributed by atoms with Crippen LogP contribution < -0.4 is 4.72 Å². The highest BCUT2D eigenvalue weighted by Crippen LogP contribution is 2.41. The fourth-order valence-corrected chi connectivity index (χ4v) is 3.24. The molecule has 0 atom stereocenters. The molecule has 0 radical (unpaired) electrons. The molecule has 0 amide bonds. The highest BCUT2D eigenvalue weighted by molar-refractivity contribution is 7.92. The number of nitrogens with one attached hydrogen (secondary N) is 1. The van der Waals surface area contributed by atoms with Crippen LogP contribution in [0.1, 0.15) is 31.2 Å². The lowest BCUT2D eigenvalue weighted by molar-refractivity contribution is -0.143. The first-order chi connectivity index (χ1) is 8.83. The van der Waals surface area contributed by atoms with Crippen LogP contribution in [0.15, 0.2) is 24.3 Å². The normalized spacial score (nSPS) is 18.2. The van der Waals surface area contributed by atoms with Crippen molar-refractivity contribution in [2.24, 2.45) is 0 Å². The third kappa shape index (κ3) is 2.89. The molecule has 5 nitrogen and oxygen atoms in total. The number of carbonyl (C=O) groups is 1. The molecule has 19 heavy (non-hydrogen) atoms. The summed E-state index contributed by atoms with van der Waals surface area (Å²) in [6, 6.07) is 6.62. The number of rotatable bonds is 4. The molecule has 1 aliphatic rings. The van der Waals surface area contributed by atoms with Crippen molar-refractivity contribution in [1.82, 2.24) is 0 Å². The highest BCUT2D eigenvalue weighted by atomic mass is 32.2. The third-order valence-electron chi connectivity index (χ3n) is 3.61. The van der Waals surface area contributed by atoms with E-state index in [0.717, 1.165) is 24.7 Å². The Hall–Kier alpha value is -1.56. The van der Waals surface area contributed by atoms with Crippen molar-refractivity contribution in [1.29, 1.82) is 0 Å². The summed E-state index contributed by atoms with van der Waals surface area (Å²) in [5, 5.41) is 9.46. The van der Waals surface area contributed by atoms with Gasteiger partial charge in [0.05, 0.1) is 11.7 Å². The Kier molecular flexibility index (Phi) is 3.54. The lowest BCUT2D eigenvalue weighted by Gasteiger charge is -2.24. The Morgan fingerprint density at radius 2 is 1.74 bits per heavy atom. The molecule has 0 spiro atoms. The number of anilines is 1. The number of sulfonamides is 1. The molecule has 0 unspecified atom stereocenters. The summed E-state index contributed by atoms with van der Waals surface area (Å²) in [6.45, 7) is 0. The minimum atomic E-state index is -3.31. The fourth-order valence-electron chi connectivity index (χ4n) is 2.68. The first kappa shape index (κ1) is 13.9. The zero-order chi connectivity index (χ0) is 14.1. The van der Waals surface area contributed by atoms with Crippen molar-refractivity contribution in [3.05, 3.63) is 29.8 Å². The predicted octanol–water partition coefficient (Wildman–Crippen LogP) is 1.95. The van der Waals surface area contributed by atoms with Crippen LogP contribution in [0.4, 0.5) is 5.69 Å². The molecule has 104 valence electrons. The summed E-state index contributed by atoms with van der Waals surface area (Å²) in [4.78, 5) is 11.5. The van der Waals surface area contributed by atoms with Gasteiger partial charge in [0, 0.05) is 5.69 Å². The summed E-state index contributed by atoms with van der Waals surface area (Å²) in [6.07, 6.45) is 4.18. The van der Waals surface area contributed by atoms with Crippen molar-refractivity contribution in [2.75, 3.05) is 11.0 Å². The number of hydrogen-bond donors (Lipinski definition) is 2. The van der Waals surface area contributed by atoms with Crippen LogP contribution in [0.25, 0.3) is 0 Å². The van der Waals surface area contributed by atoms with Crippen LogP contribution in [-0.2, 0) is 20.2 Å². The van der Waals surface area contributed by atoms with E-state index in [1.54, 1.807) is 24.3 Å². The number of carboxylic acid groups (broad SMARTS) is 1. The Morgan fingerprint density at radius 1 is 1.21 bits per heavy atom. The van der Waals surface area contributed by atoms with E-state index in [1.807, 2.05) is 0 Å². The Balaban J connectivity index is 2.29. The molecule has 1 aromatic rings. The van der Waals surface area contributed by atoms with E-state index in [4.69, 9.17) is 0 Å². The summed E-state index contributed by atoms with van der Waals surface area (Å²) in [5.74, 6) is -0.797. The van der Waals surface area contributed by atoms with Gasteiger partial charge in [0.15, 0.2) is 0 Å². The van der Waals surface area contributed by atoms with Crippen molar-refractivity contribution in [2.45, 2.75) is 31.1 Å². The van der Waals surface area contributed by atoms with Gasteiger partial charge in [-0.15, -0.1) is 0 Å². The van der Waals surface area contributed by atoms with E-state index in [9.17, 15) is 18.3 Å². The molecule has 2 N–H and O–H groups in total. The van der Waals surface area contributed by atoms with Gasteiger partial charge < -0.3 is 5.11 Å². The number of aliphatic carboxylic acids is 1. The molecule has 0 heterocycles. The van der Waals surface area contributed by atoms with Crippen LogP contribution in [0.2, 0.25) is 0 Å². The zero-order valence-electron chi connectivity index (χ0n) is 10.7. The van der Waals surface area contributed by atoms with Crippen LogP contribution in [0, 0.1) is 0 Å². The maximum atomic E-state index is 11.5. The van der Waals surface area contributed by atoms with Crippen LogP contribution in [0.5, 0.6) is 0 Å². The molecule has 1 aliphatic carbocycles. The van der Waals surface area contributed by atoms with E-state index < -0.39 is 21.4 Å². The van der Waals surface area contributed by atoms with Gasteiger partial charge >= 0.3 is 5.97 Å². The van der Waals surface area contributed by atoms with E-state index in [0.29, 0.717) is 18.5 Å². The van der Waals surface area contributed by atoms with E-state index in [-0.39, 0.29) is 0 Å². The summed E-state index contributed by atoms with van der Waals surface area (Å²) in [5.41, 5.74) is 0.394. The molecule has 2 rings (SSSR count). The van der Waals surface area contributed by atoms with Gasteiger partial charge in [0.25, 0.3) is 0 Å². The molecule has 0 aliphatic heterocycles. The van der Waals surface area contributed by atoms with Crippen molar-refractivity contribution < 1.29 is 18.3 Å². The van der Waals surface area contributed by atoms with Crippen molar-refractivity contribution >= 4 is 21.7 Å². The third-order valence-corrected chi connectivity index (χ3v) is 4.21. The molecule has 1 aromatic carbocycles. The first-order valence-electron chi connectivity index (χ1n) is 6.15. The highest BCUT2D eigenvalue weighted by Gasteiger charge is 2.42. The zero-order valence-corrected chi connectivity index (χ0v) is 11.5. The second-order valence-corrected chi connectivity index (χ2v) is 6.79. The summed E-state index contributed by atoms with van der Waals surface area (Å²) in [7, 11) is -3.31. The standard InChI is InChI=1S/C13H17NO4S/c1-19(17,18)14-11-6-4-10(5-7-11)13(12(15)16)8-2-3-9-13/h4-7,14H,2-3,8-9H2,1H3,(H,15,16). The molecule has 1 fully saturated rings. The molecule has 0 bridgehead atoms. The second-order valence-electron chi connectivity index (χ2n) is 5.05. The van der Waals surface area contributed by atoms with Crippen LogP contribution in [-0.4, -0.2) is 25.7 Å².